The van der Waals surface area contributed by atoms with E-state index in [9.17, 15) is 9.90 Å². The summed E-state index contributed by atoms with van der Waals surface area (Å²) in [6.07, 6.45) is 2.47. The van der Waals surface area contributed by atoms with E-state index < -0.39 is 11.9 Å². The van der Waals surface area contributed by atoms with Gasteiger partial charge in [-0.3, -0.25) is 4.79 Å². The lowest BCUT2D eigenvalue weighted by molar-refractivity contribution is -0.139. The highest BCUT2D eigenvalue weighted by atomic mass is 16.4. The largest absolute Gasteiger partial charge is 0.481 e. The summed E-state index contributed by atoms with van der Waals surface area (Å²) in [7, 11) is 0. The molecule has 2 aromatic rings. The van der Waals surface area contributed by atoms with Crippen molar-refractivity contribution in [1.82, 2.24) is 9.97 Å². The number of nitrogens with zero attached hydrogens (tertiary/aromatic N) is 1. The molecule has 0 spiro atoms. The van der Waals surface area contributed by atoms with Gasteiger partial charge in [0.25, 0.3) is 0 Å². The Morgan fingerprint density at radius 2 is 2.05 bits per heavy atom. The first-order chi connectivity index (χ1) is 10.1. The first-order valence-corrected chi connectivity index (χ1v) is 7.48. The van der Waals surface area contributed by atoms with Gasteiger partial charge in [-0.25, -0.2) is 4.98 Å². The van der Waals surface area contributed by atoms with Crippen LogP contribution in [0.2, 0.25) is 0 Å². The molecular formula is C17H20N2O2. The van der Waals surface area contributed by atoms with Crippen LogP contribution in [0.25, 0.3) is 11.4 Å². The van der Waals surface area contributed by atoms with Crippen molar-refractivity contribution >= 4 is 5.97 Å². The maximum atomic E-state index is 11.3. The van der Waals surface area contributed by atoms with Gasteiger partial charge in [0.05, 0.1) is 5.69 Å². The molecule has 1 heterocycles. The summed E-state index contributed by atoms with van der Waals surface area (Å²) in [4.78, 5) is 19.2. The Bertz CT molecular complexity index is 656. The molecule has 2 N–H and O–H groups in total. The van der Waals surface area contributed by atoms with E-state index in [1.165, 1.54) is 5.56 Å². The second-order valence-electron chi connectivity index (χ2n) is 6.01. The minimum Gasteiger partial charge on any atom is -0.481 e. The first kappa shape index (κ1) is 13.9. The Labute approximate surface area is 124 Å². The topological polar surface area (TPSA) is 66.0 Å². The number of benzene rings is 1. The van der Waals surface area contributed by atoms with Gasteiger partial charge in [0.1, 0.15) is 11.7 Å². The SMILES string of the molecule is CC(C)c1ccc(-c2nc3c([nH]2)CCCC3C(=O)O)cc1. The van der Waals surface area contributed by atoms with Crippen LogP contribution < -0.4 is 0 Å². The molecule has 110 valence electrons. The highest BCUT2D eigenvalue weighted by Crippen LogP contribution is 2.32. The van der Waals surface area contributed by atoms with Crippen LogP contribution in [0, 0.1) is 0 Å². The summed E-state index contributed by atoms with van der Waals surface area (Å²) in [6, 6.07) is 8.32. The van der Waals surface area contributed by atoms with Crippen LogP contribution in [0.3, 0.4) is 0 Å². The number of carboxylic acids is 1. The third-order valence-corrected chi connectivity index (χ3v) is 4.21. The molecule has 21 heavy (non-hydrogen) atoms. The molecule has 0 amide bonds. The van der Waals surface area contributed by atoms with Gasteiger partial charge in [-0.15, -0.1) is 0 Å². The average Bonchev–Trinajstić information content (AvgIpc) is 2.90. The molecule has 1 unspecified atom stereocenters. The molecule has 1 aliphatic carbocycles. The van der Waals surface area contributed by atoms with Gasteiger partial charge in [-0.2, -0.15) is 0 Å². The number of fused-ring (bicyclic) bond motifs is 1. The maximum absolute atomic E-state index is 11.3. The fraction of sp³-hybridized carbons (Fsp3) is 0.412. The molecule has 1 aromatic heterocycles. The number of aromatic nitrogens is 2. The summed E-state index contributed by atoms with van der Waals surface area (Å²) in [5.41, 5.74) is 4.00. The molecular weight excluding hydrogens is 264 g/mol. The third kappa shape index (κ3) is 2.58. The van der Waals surface area contributed by atoms with Crippen molar-refractivity contribution in [3.05, 3.63) is 41.2 Å². The Morgan fingerprint density at radius 1 is 1.33 bits per heavy atom. The number of aromatic amines is 1. The molecule has 1 aromatic carbocycles. The Hall–Kier alpha value is -2.10. The van der Waals surface area contributed by atoms with Gasteiger partial charge in [0.2, 0.25) is 0 Å². The molecule has 4 nitrogen and oxygen atoms in total. The Balaban J connectivity index is 1.95. The number of aryl methyl sites for hydroxylation is 1. The molecule has 4 heteroatoms. The molecule has 3 rings (SSSR count). The van der Waals surface area contributed by atoms with Crippen molar-refractivity contribution in [3.8, 4) is 11.4 Å². The predicted molar refractivity (Wildman–Crippen MR) is 81.4 cm³/mol. The molecule has 0 bridgehead atoms. The third-order valence-electron chi connectivity index (χ3n) is 4.21. The van der Waals surface area contributed by atoms with Crippen LogP contribution in [0.1, 0.15) is 55.5 Å². The van der Waals surface area contributed by atoms with E-state index in [1.54, 1.807) is 0 Å². The van der Waals surface area contributed by atoms with Gasteiger partial charge >= 0.3 is 5.97 Å². The van der Waals surface area contributed by atoms with Crippen LogP contribution in [0.4, 0.5) is 0 Å². The second-order valence-corrected chi connectivity index (χ2v) is 6.01. The summed E-state index contributed by atoms with van der Waals surface area (Å²) in [6.45, 7) is 4.33. The summed E-state index contributed by atoms with van der Waals surface area (Å²) in [5, 5.41) is 9.31. The van der Waals surface area contributed by atoms with E-state index in [4.69, 9.17) is 0 Å². The van der Waals surface area contributed by atoms with Crippen molar-refractivity contribution in [3.63, 3.8) is 0 Å². The van der Waals surface area contributed by atoms with Crippen LogP contribution in [-0.2, 0) is 11.2 Å². The standard InChI is InChI=1S/C17H20N2O2/c1-10(2)11-6-8-12(9-7-11)16-18-14-5-3-4-13(17(20)21)15(14)19-16/h6-10,13H,3-5H2,1-2H3,(H,18,19)(H,20,21). The molecule has 0 radical (unpaired) electrons. The van der Waals surface area contributed by atoms with E-state index in [1.807, 2.05) is 0 Å². The maximum Gasteiger partial charge on any atom is 0.312 e. The first-order valence-electron chi connectivity index (χ1n) is 7.48. The Morgan fingerprint density at radius 3 is 2.67 bits per heavy atom. The van der Waals surface area contributed by atoms with E-state index in [-0.39, 0.29) is 0 Å². The predicted octanol–water partition coefficient (Wildman–Crippen LogP) is 3.70. The minimum absolute atomic E-state index is 0.464. The molecule has 0 aliphatic heterocycles. The van der Waals surface area contributed by atoms with Crippen molar-refractivity contribution in [2.45, 2.75) is 44.9 Å². The normalized spacial score (nSPS) is 17.8. The van der Waals surface area contributed by atoms with E-state index in [0.29, 0.717) is 12.3 Å². The van der Waals surface area contributed by atoms with Crippen LogP contribution in [-0.4, -0.2) is 21.0 Å². The quantitative estimate of drug-likeness (QED) is 0.903. The van der Waals surface area contributed by atoms with Crippen molar-refractivity contribution in [2.75, 3.05) is 0 Å². The zero-order valence-electron chi connectivity index (χ0n) is 12.4. The number of hydrogen-bond acceptors (Lipinski definition) is 2. The summed E-state index contributed by atoms with van der Waals surface area (Å²) >= 11 is 0. The molecule has 0 saturated heterocycles. The summed E-state index contributed by atoms with van der Waals surface area (Å²) in [5.74, 6) is 0.0431. The smallest absolute Gasteiger partial charge is 0.312 e. The van der Waals surface area contributed by atoms with Gasteiger partial charge in [-0.05, 0) is 30.7 Å². The number of nitrogens with one attached hydrogen (secondary N) is 1. The highest BCUT2D eigenvalue weighted by Gasteiger charge is 2.29. The van der Waals surface area contributed by atoms with Crippen LogP contribution in [0.15, 0.2) is 24.3 Å². The lowest BCUT2D eigenvalue weighted by Gasteiger charge is -2.16. The number of hydrogen-bond donors (Lipinski definition) is 2. The van der Waals surface area contributed by atoms with Crippen molar-refractivity contribution in [2.24, 2.45) is 0 Å². The number of imidazole rings is 1. The molecule has 1 aliphatic rings. The van der Waals surface area contributed by atoms with Gasteiger partial charge < -0.3 is 10.1 Å². The minimum atomic E-state index is -0.774. The fourth-order valence-corrected chi connectivity index (χ4v) is 2.92. The van der Waals surface area contributed by atoms with Crippen LogP contribution in [0.5, 0.6) is 0 Å². The molecule has 0 fully saturated rings. The number of H-pyrrole nitrogens is 1. The number of carboxylic acid groups (broad SMARTS) is 1. The number of carbonyl (C=O) groups is 1. The zero-order valence-corrected chi connectivity index (χ0v) is 12.4. The fourth-order valence-electron chi connectivity index (χ4n) is 2.92. The van der Waals surface area contributed by atoms with Crippen LogP contribution >= 0.6 is 0 Å². The van der Waals surface area contributed by atoms with E-state index in [2.05, 4.69) is 48.1 Å². The lowest BCUT2D eigenvalue weighted by Crippen LogP contribution is -2.17. The number of aliphatic carboxylic acids is 1. The Kier molecular flexibility index (Phi) is 3.53. The van der Waals surface area contributed by atoms with Gasteiger partial charge in [0, 0.05) is 11.3 Å². The molecule has 1 atom stereocenters. The second kappa shape index (κ2) is 5.35. The van der Waals surface area contributed by atoms with E-state index >= 15 is 0 Å². The summed E-state index contributed by atoms with van der Waals surface area (Å²) < 4.78 is 0. The van der Waals surface area contributed by atoms with Gasteiger partial charge in [0.15, 0.2) is 0 Å². The monoisotopic (exact) mass is 284 g/mol. The lowest BCUT2D eigenvalue weighted by atomic mass is 9.90. The number of rotatable bonds is 3. The van der Waals surface area contributed by atoms with Gasteiger partial charge in [-0.1, -0.05) is 38.1 Å². The average molecular weight is 284 g/mol. The highest BCUT2D eigenvalue weighted by molar-refractivity contribution is 5.76. The molecule has 0 saturated carbocycles. The van der Waals surface area contributed by atoms with E-state index in [0.717, 1.165) is 35.6 Å². The van der Waals surface area contributed by atoms with Crippen molar-refractivity contribution < 1.29 is 9.90 Å². The zero-order chi connectivity index (χ0) is 15.0. The van der Waals surface area contributed by atoms with Crippen molar-refractivity contribution in [1.29, 1.82) is 0 Å².